The van der Waals surface area contributed by atoms with Gasteiger partial charge in [0.05, 0.1) is 16.2 Å². The summed E-state index contributed by atoms with van der Waals surface area (Å²) < 4.78 is 65.3. The van der Waals surface area contributed by atoms with Crippen molar-refractivity contribution >= 4 is 38.9 Å². The molecule has 9 nitrogen and oxygen atoms in total. The van der Waals surface area contributed by atoms with Crippen LogP contribution in [0.4, 0.5) is 24.5 Å². The topological polar surface area (TPSA) is 113 Å². The zero-order valence-electron chi connectivity index (χ0n) is 17.6. The molecule has 1 amide bonds. The third kappa shape index (κ3) is 6.15. The number of sulfonamides is 1. The number of hydrogen-bond acceptors (Lipinski definition) is 6. The third-order valence-electron chi connectivity index (χ3n) is 5.22. The molecule has 0 bridgehead atoms. The van der Waals surface area contributed by atoms with Crippen LogP contribution in [0.5, 0.6) is 0 Å². The summed E-state index contributed by atoms with van der Waals surface area (Å²) in [6.45, 7) is 0.347. The number of alkyl halides is 3. The van der Waals surface area contributed by atoms with E-state index >= 15 is 0 Å². The molecule has 3 rings (SSSR count). The monoisotopic (exact) mass is 520 g/mol. The molecule has 1 fully saturated rings. The van der Waals surface area contributed by atoms with Gasteiger partial charge in [-0.1, -0.05) is 17.7 Å². The average molecular weight is 521 g/mol. The molecule has 2 aromatic carbocycles. The molecule has 34 heavy (non-hydrogen) atoms. The van der Waals surface area contributed by atoms with E-state index in [1.807, 2.05) is 0 Å². The van der Waals surface area contributed by atoms with Crippen molar-refractivity contribution in [1.29, 1.82) is 0 Å². The fourth-order valence-corrected chi connectivity index (χ4v) is 4.95. The maximum Gasteiger partial charge on any atom is 0.416 e. The first kappa shape index (κ1) is 25.7. The van der Waals surface area contributed by atoms with E-state index in [-0.39, 0.29) is 43.3 Å². The SMILES string of the molecule is O=C(NCCS(=O)(=O)N1CCN(c2cccc(C(F)(F)F)c2)CC1)c1ccc(Cl)c([N+](=O)[O-])c1. The van der Waals surface area contributed by atoms with Gasteiger partial charge >= 0.3 is 6.18 Å². The Labute approximate surface area is 198 Å². The molecule has 0 saturated carbocycles. The van der Waals surface area contributed by atoms with Crippen molar-refractivity contribution in [3.05, 3.63) is 68.7 Å². The van der Waals surface area contributed by atoms with Crippen molar-refractivity contribution in [3.63, 3.8) is 0 Å². The van der Waals surface area contributed by atoms with E-state index in [0.29, 0.717) is 5.69 Å². The average Bonchev–Trinajstić information content (AvgIpc) is 2.78. The highest BCUT2D eigenvalue weighted by Gasteiger charge is 2.32. The molecular weight excluding hydrogens is 501 g/mol. The molecule has 1 heterocycles. The van der Waals surface area contributed by atoms with Crippen molar-refractivity contribution in [2.24, 2.45) is 0 Å². The fourth-order valence-electron chi connectivity index (χ4n) is 3.42. The third-order valence-corrected chi connectivity index (χ3v) is 7.41. The first-order valence-electron chi connectivity index (χ1n) is 10.0. The van der Waals surface area contributed by atoms with Crippen LogP contribution in [0.1, 0.15) is 15.9 Å². The highest BCUT2D eigenvalue weighted by molar-refractivity contribution is 7.89. The maximum atomic E-state index is 12.9. The second-order valence-corrected chi connectivity index (χ2v) is 9.93. The van der Waals surface area contributed by atoms with E-state index in [0.717, 1.165) is 18.2 Å². The molecule has 0 aliphatic carbocycles. The van der Waals surface area contributed by atoms with Crippen LogP contribution in [0.3, 0.4) is 0 Å². The minimum absolute atomic E-state index is 0.0387. The predicted octanol–water partition coefficient (Wildman–Crippen LogP) is 3.15. The van der Waals surface area contributed by atoms with Gasteiger partial charge in [0.25, 0.3) is 11.6 Å². The lowest BCUT2D eigenvalue weighted by molar-refractivity contribution is -0.384. The molecule has 0 atom stereocenters. The van der Waals surface area contributed by atoms with Gasteiger partial charge in [-0.15, -0.1) is 0 Å². The van der Waals surface area contributed by atoms with E-state index < -0.39 is 44.0 Å². The Hall–Kier alpha value is -2.90. The molecule has 0 spiro atoms. The number of benzene rings is 2. The Balaban J connectivity index is 1.54. The molecule has 1 N–H and O–H groups in total. The molecule has 2 aromatic rings. The predicted molar refractivity (Wildman–Crippen MR) is 119 cm³/mol. The van der Waals surface area contributed by atoms with Gasteiger partial charge in [-0.3, -0.25) is 14.9 Å². The second-order valence-electron chi connectivity index (χ2n) is 7.43. The summed E-state index contributed by atoms with van der Waals surface area (Å²) in [6, 6.07) is 8.33. The Bertz CT molecular complexity index is 1180. The normalized spacial score (nSPS) is 15.2. The number of nitrogens with one attached hydrogen (secondary N) is 1. The van der Waals surface area contributed by atoms with Crippen LogP contribution < -0.4 is 10.2 Å². The van der Waals surface area contributed by atoms with Gasteiger partial charge in [0.15, 0.2) is 0 Å². The molecule has 0 aromatic heterocycles. The Morgan fingerprint density at radius 3 is 2.41 bits per heavy atom. The quantitative estimate of drug-likeness (QED) is 0.443. The molecule has 14 heteroatoms. The summed E-state index contributed by atoms with van der Waals surface area (Å²) in [6.07, 6.45) is -4.47. The number of carbonyl (C=O) groups is 1. The minimum Gasteiger partial charge on any atom is -0.369 e. The second kappa shape index (κ2) is 10.2. The van der Waals surface area contributed by atoms with Crippen molar-refractivity contribution in [2.75, 3.05) is 43.4 Å². The summed E-state index contributed by atoms with van der Waals surface area (Å²) in [5, 5.41) is 13.2. The number of rotatable bonds is 7. The lowest BCUT2D eigenvalue weighted by Crippen LogP contribution is -2.50. The highest BCUT2D eigenvalue weighted by Crippen LogP contribution is 2.32. The van der Waals surface area contributed by atoms with Gasteiger partial charge in [-0.2, -0.15) is 17.5 Å². The largest absolute Gasteiger partial charge is 0.416 e. The molecule has 0 radical (unpaired) electrons. The number of anilines is 1. The van der Waals surface area contributed by atoms with Crippen molar-refractivity contribution in [3.8, 4) is 0 Å². The van der Waals surface area contributed by atoms with Gasteiger partial charge in [0.1, 0.15) is 5.02 Å². The summed E-state index contributed by atoms with van der Waals surface area (Å²) >= 11 is 5.71. The van der Waals surface area contributed by atoms with Crippen molar-refractivity contribution < 1.29 is 31.3 Å². The van der Waals surface area contributed by atoms with Crippen LogP contribution in [0.25, 0.3) is 0 Å². The summed E-state index contributed by atoms with van der Waals surface area (Å²) in [5.41, 5.74) is -0.901. The highest BCUT2D eigenvalue weighted by atomic mass is 35.5. The van der Waals surface area contributed by atoms with Gasteiger partial charge in [0, 0.05) is 50.0 Å². The first-order chi connectivity index (χ1) is 15.9. The molecule has 0 unspecified atom stereocenters. The summed E-state index contributed by atoms with van der Waals surface area (Å²) in [7, 11) is -3.74. The number of nitro benzene ring substituents is 1. The van der Waals surface area contributed by atoms with Crippen LogP contribution >= 0.6 is 11.6 Å². The number of piperazine rings is 1. The number of carbonyl (C=O) groups excluding carboxylic acids is 1. The van der Waals surface area contributed by atoms with Gasteiger partial charge < -0.3 is 10.2 Å². The molecule has 1 aliphatic rings. The number of nitro groups is 1. The minimum atomic E-state index is -4.47. The smallest absolute Gasteiger partial charge is 0.369 e. The zero-order valence-corrected chi connectivity index (χ0v) is 19.2. The number of halogens is 4. The fraction of sp³-hybridized carbons (Fsp3) is 0.350. The standard InChI is InChI=1S/C20H20ClF3N4O5S/c21-17-5-4-14(12-18(17)28(30)31)19(29)25-6-11-34(32,33)27-9-7-26(8-10-27)16-3-1-2-15(13-16)20(22,23)24/h1-5,12-13H,6-11H2,(H,25,29). The molecular formula is C20H20ClF3N4O5S. The molecule has 1 aliphatic heterocycles. The maximum absolute atomic E-state index is 12.9. The van der Waals surface area contributed by atoms with E-state index in [1.54, 1.807) is 4.90 Å². The van der Waals surface area contributed by atoms with Gasteiger partial charge in [-0.05, 0) is 30.3 Å². The number of amides is 1. The Morgan fingerprint density at radius 1 is 1.12 bits per heavy atom. The molecule has 184 valence electrons. The van der Waals surface area contributed by atoms with Crippen molar-refractivity contribution in [1.82, 2.24) is 9.62 Å². The lowest BCUT2D eigenvalue weighted by atomic mass is 10.1. The van der Waals surface area contributed by atoms with Crippen molar-refractivity contribution in [2.45, 2.75) is 6.18 Å². The zero-order chi connectivity index (χ0) is 25.1. The molecule has 1 saturated heterocycles. The Kier molecular flexibility index (Phi) is 7.68. The van der Waals surface area contributed by atoms with E-state index in [2.05, 4.69) is 5.32 Å². The van der Waals surface area contributed by atoms with Crippen LogP contribution in [0.2, 0.25) is 5.02 Å². The van der Waals surface area contributed by atoms with Crippen LogP contribution in [0, 0.1) is 10.1 Å². The van der Waals surface area contributed by atoms with Crippen LogP contribution in [-0.2, 0) is 16.2 Å². The first-order valence-corrected chi connectivity index (χ1v) is 12.0. The lowest BCUT2D eigenvalue weighted by Gasteiger charge is -2.35. The summed E-state index contributed by atoms with van der Waals surface area (Å²) in [4.78, 5) is 24.1. The van der Waals surface area contributed by atoms with Gasteiger partial charge in [0.2, 0.25) is 10.0 Å². The van der Waals surface area contributed by atoms with Crippen LogP contribution in [-0.4, -0.2) is 62.0 Å². The van der Waals surface area contributed by atoms with E-state index in [9.17, 15) is 36.5 Å². The summed E-state index contributed by atoms with van der Waals surface area (Å²) in [5.74, 6) is -1.10. The van der Waals surface area contributed by atoms with Crippen LogP contribution in [0.15, 0.2) is 42.5 Å². The number of nitrogens with zero attached hydrogens (tertiary/aromatic N) is 3. The number of hydrogen-bond donors (Lipinski definition) is 1. The van der Waals surface area contributed by atoms with Gasteiger partial charge in [-0.25, -0.2) is 8.42 Å². The van der Waals surface area contributed by atoms with E-state index in [4.69, 9.17) is 11.6 Å². The van der Waals surface area contributed by atoms with E-state index in [1.165, 1.54) is 28.6 Å². The Morgan fingerprint density at radius 2 is 1.79 bits per heavy atom.